The molecule has 0 spiro atoms. The monoisotopic (exact) mass is 412 g/mol. The second kappa shape index (κ2) is 9.58. The van der Waals surface area contributed by atoms with E-state index in [-0.39, 0.29) is 17.3 Å². The highest BCUT2D eigenvalue weighted by atomic mass is 16.6. The summed E-state index contributed by atoms with van der Waals surface area (Å²) in [5, 5.41) is 11.3. The molecule has 0 N–H and O–H groups in total. The summed E-state index contributed by atoms with van der Waals surface area (Å²) in [7, 11) is 4.09. The highest BCUT2D eigenvalue weighted by Gasteiger charge is 2.25. The first kappa shape index (κ1) is 21.6. The number of carbonyl (C=O) groups is 1. The average Bonchev–Trinajstić information content (AvgIpc) is 2.73. The van der Waals surface area contributed by atoms with Gasteiger partial charge in [0.2, 0.25) is 0 Å². The number of benzene rings is 2. The lowest BCUT2D eigenvalue weighted by atomic mass is 10.1. The Morgan fingerprint density at radius 3 is 2.50 bits per heavy atom. The number of carbonyl (C=O) groups excluding carboxylic acids is 1. The number of nitrogens with zero attached hydrogens (tertiary/aromatic N) is 4. The lowest BCUT2D eigenvalue weighted by Crippen LogP contribution is -2.48. The predicted octanol–water partition coefficient (Wildman–Crippen LogP) is 3.02. The normalized spacial score (nSPS) is 14.1. The van der Waals surface area contributed by atoms with Gasteiger partial charge in [-0.1, -0.05) is 12.1 Å². The molecule has 8 heteroatoms. The maximum Gasteiger partial charge on any atom is 0.311 e. The first-order chi connectivity index (χ1) is 14.4. The van der Waals surface area contributed by atoms with Crippen molar-refractivity contribution in [3.05, 3.63) is 63.7 Å². The topological polar surface area (TPSA) is 79.2 Å². The van der Waals surface area contributed by atoms with E-state index >= 15 is 0 Å². The molecule has 0 unspecified atom stereocenters. The Morgan fingerprint density at radius 2 is 1.87 bits per heavy atom. The van der Waals surface area contributed by atoms with Gasteiger partial charge in [-0.25, -0.2) is 0 Å². The van der Waals surface area contributed by atoms with Crippen molar-refractivity contribution in [2.75, 3.05) is 51.8 Å². The van der Waals surface area contributed by atoms with Crippen LogP contribution in [0.3, 0.4) is 0 Å². The van der Waals surface area contributed by atoms with Crippen LogP contribution in [0.15, 0.2) is 42.5 Å². The quantitative estimate of drug-likeness (QED) is 0.514. The van der Waals surface area contributed by atoms with Gasteiger partial charge in [0.1, 0.15) is 0 Å². The fraction of sp³-hybridized carbons (Fsp3) is 0.409. The SMILES string of the molecule is CCOc1ccc(C(=O)N2CCN(c3cccc(CN(C)C)c3)CC2)cc1[N+](=O)[O-]. The fourth-order valence-corrected chi connectivity index (χ4v) is 3.64. The Labute approximate surface area is 176 Å². The van der Waals surface area contributed by atoms with Gasteiger partial charge >= 0.3 is 5.69 Å². The molecule has 0 bridgehead atoms. The number of nitro benzene ring substituents is 1. The minimum Gasteiger partial charge on any atom is -0.487 e. The number of rotatable bonds is 7. The van der Waals surface area contributed by atoms with Crippen LogP contribution in [-0.4, -0.2) is 67.5 Å². The van der Waals surface area contributed by atoms with Crippen LogP contribution in [-0.2, 0) is 6.54 Å². The van der Waals surface area contributed by atoms with E-state index in [0.29, 0.717) is 25.3 Å². The molecule has 0 radical (unpaired) electrons. The lowest BCUT2D eigenvalue weighted by Gasteiger charge is -2.36. The smallest absolute Gasteiger partial charge is 0.311 e. The number of anilines is 1. The minimum absolute atomic E-state index is 0.181. The molecule has 1 fully saturated rings. The van der Waals surface area contributed by atoms with Gasteiger partial charge in [0.15, 0.2) is 5.75 Å². The summed E-state index contributed by atoms with van der Waals surface area (Å²) in [6, 6.07) is 12.9. The zero-order chi connectivity index (χ0) is 21.7. The molecule has 0 aromatic heterocycles. The van der Waals surface area contributed by atoms with Crippen LogP contribution in [0.5, 0.6) is 5.75 Å². The van der Waals surface area contributed by atoms with E-state index < -0.39 is 4.92 Å². The van der Waals surface area contributed by atoms with Crippen LogP contribution >= 0.6 is 0 Å². The van der Waals surface area contributed by atoms with Gasteiger partial charge < -0.3 is 19.4 Å². The van der Waals surface area contributed by atoms with Gasteiger partial charge in [-0.15, -0.1) is 0 Å². The van der Waals surface area contributed by atoms with E-state index in [2.05, 4.69) is 34.1 Å². The molecule has 3 rings (SSSR count). The average molecular weight is 412 g/mol. The Hall–Kier alpha value is -3.13. The van der Waals surface area contributed by atoms with Gasteiger partial charge in [0, 0.05) is 50.0 Å². The number of piperazine rings is 1. The van der Waals surface area contributed by atoms with Crippen LogP contribution in [0.4, 0.5) is 11.4 Å². The van der Waals surface area contributed by atoms with Crippen molar-refractivity contribution in [2.45, 2.75) is 13.5 Å². The minimum atomic E-state index is -0.513. The third-order valence-corrected chi connectivity index (χ3v) is 5.04. The number of amides is 1. The molecule has 8 nitrogen and oxygen atoms in total. The first-order valence-corrected chi connectivity index (χ1v) is 10.1. The highest BCUT2D eigenvalue weighted by Crippen LogP contribution is 2.29. The van der Waals surface area contributed by atoms with Crippen molar-refractivity contribution in [2.24, 2.45) is 0 Å². The number of ether oxygens (including phenoxy) is 1. The Morgan fingerprint density at radius 1 is 1.13 bits per heavy atom. The van der Waals surface area contributed by atoms with Crippen LogP contribution in [0.25, 0.3) is 0 Å². The van der Waals surface area contributed by atoms with E-state index in [0.717, 1.165) is 25.3 Å². The summed E-state index contributed by atoms with van der Waals surface area (Å²) in [5.74, 6) is -0.0105. The molecule has 1 saturated heterocycles. The Balaban J connectivity index is 1.67. The molecular weight excluding hydrogens is 384 g/mol. The van der Waals surface area contributed by atoms with Crippen LogP contribution in [0.2, 0.25) is 0 Å². The van der Waals surface area contributed by atoms with Crippen LogP contribution in [0.1, 0.15) is 22.8 Å². The molecule has 0 atom stereocenters. The largest absolute Gasteiger partial charge is 0.487 e. The summed E-state index contributed by atoms with van der Waals surface area (Å²) in [6.07, 6.45) is 0. The van der Waals surface area contributed by atoms with E-state index in [1.54, 1.807) is 17.9 Å². The zero-order valence-corrected chi connectivity index (χ0v) is 17.7. The number of hydrogen-bond donors (Lipinski definition) is 0. The van der Waals surface area contributed by atoms with E-state index in [4.69, 9.17) is 4.74 Å². The van der Waals surface area contributed by atoms with E-state index in [1.807, 2.05) is 14.1 Å². The molecule has 1 amide bonds. The summed E-state index contributed by atoms with van der Waals surface area (Å²) in [4.78, 5) is 29.9. The maximum atomic E-state index is 12.9. The molecule has 1 aliphatic rings. The van der Waals surface area contributed by atoms with Gasteiger partial charge in [-0.2, -0.15) is 0 Å². The van der Waals surface area contributed by atoms with Gasteiger partial charge in [-0.05, 0) is 50.8 Å². The van der Waals surface area contributed by atoms with Crippen molar-refractivity contribution in [1.29, 1.82) is 0 Å². The second-order valence-corrected chi connectivity index (χ2v) is 7.56. The third-order valence-electron chi connectivity index (χ3n) is 5.04. The molecule has 2 aromatic carbocycles. The van der Waals surface area contributed by atoms with Gasteiger partial charge in [0.25, 0.3) is 5.91 Å². The summed E-state index contributed by atoms with van der Waals surface area (Å²) in [5.41, 5.74) is 2.53. The lowest BCUT2D eigenvalue weighted by molar-refractivity contribution is -0.385. The van der Waals surface area contributed by atoms with Gasteiger partial charge in [-0.3, -0.25) is 14.9 Å². The molecule has 0 saturated carbocycles. The molecule has 2 aromatic rings. The standard InChI is InChI=1S/C22H28N4O4/c1-4-30-21-9-8-18(15-20(21)26(28)29)22(27)25-12-10-24(11-13-25)19-7-5-6-17(14-19)16-23(2)3/h5-9,14-15H,4,10-13,16H2,1-3H3. The summed E-state index contributed by atoms with van der Waals surface area (Å²) >= 11 is 0. The van der Waals surface area contributed by atoms with Crippen LogP contribution in [0, 0.1) is 10.1 Å². The molecular formula is C22H28N4O4. The molecule has 160 valence electrons. The predicted molar refractivity (Wildman–Crippen MR) is 116 cm³/mol. The van der Waals surface area contributed by atoms with Crippen LogP contribution < -0.4 is 9.64 Å². The number of hydrogen-bond acceptors (Lipinski definition) is 6. The van der Waals surface area contributed by atoms with Crippen molar-refractivity contribution < 1.29 is 14.5 Å². The Bertz CT molecular complexity index is 908. The second-order valence-electron chi connectivity index (χ2n) is 7.56. The van der Waals surface area contributed by atoms with Crippen molar-refractivity contribution >= 4 is 17.3 Å². The molecule has 0 aliphatic carbocycles. The van der Waals surface area contributed by atoms with Crippen molar-refractivity contribution in [3.8, 4) is 5.75 Å². The Kier molecular flexibility index (Phi) is 6.89. The summed E-state index contributed by atoms with van der Waals surface area (Å²) in [6.45, 7) is 5.54. The summed E-state index contributed by atoms with van der Waals surface area (Å²) < 4.78 is 5.30. The molecule has 30 heavy (non-hydrogen) atoms. The zero-order valence-electron chi connectivity index (χ0n) is 17.7. The van der Waals surface area contributed by atoms with E-state index in [1.165, 1.54) is 17.7 Å². The highest BCUT2D eigenvalue weighted by molar-refractivity contribution is 5.95. The molecule has 1 heterocycles. The molecule has 1 aliphatic heterocycles. The van der Waals surface area contributed by atoms with Crippen molar-refractivity contribution in [3.63, 3.8) is 0 Å². The third kappa shape index (κ3) is 5.07. The maximum absolute atomic E-state index is 12.9. The fourth-order valence-electron chi connectivity index (χ4n) is 3.64. The van der Waals surface area contributed by atoms with Gasteiger partial charge in [0.05, 0.1) is 11.5 Å². The van der Waals surface area contributed by atoms with Crippen molar-refractivity contribution in [1.82, 2.24) is 9.80 Å². The number of nitro groups is 1. The first-order valence-electron chi connectivity index (χ1n) is 10.1. The van der Waals surface area contributed by atoms with E-state index in [9.17, 15) is 14.9 Å².